The van der Waals surface area contributed by atoms with Crippen molar-refractivity contribution in [2.75, 3.05) is 0 Å². The summed E-state index contributed by atoms with van der Waals surface area (Å²) >= 11 is 5.43. The minimum atomic E-state index is -0.290. The number of carbonyl (C=O) groups is 1. The molecule has 2 aliphatic rings. The molecule has 28 heavy (non-hydrogen) atoms. The van der Waals surface area contributed by atoms with Crippen LogP contribution in [0.15, 0.2) is 60.2 Å². The van der Waals surface area contributed by atoms with Gasteiger partial charge in [-0.3, -0.25) is 4.79 Å². The Balaban J connectivity index is 1.66. The maximum Gasteiger partial charge on any atom is 0.171 e. The summed E-state index contributed by atoms with van der Waals surface area (Å²) in [5, 5.41) is 6.95. The molecule has 1 aliphatic heterocycles. The van der Waals surface area contributed by atoms with Crippen LogP contribution in [0.1, 0.15) is 49.8 Å². The largest absolute Gasteiger partial charge is 0.490 e. The molecule has 0 spiro atoms. The normalized spacial score (nSPS) is 19.9. The second kappa shape index (κ2) is 8.15. The van der Waals surface area contributed by atoms with Crippen molar-refractivity contribution in [2.24, 2.45) is 0 Å². The summed E-state index contributed by atoms with van der Waals surface area (Å²) in [6.45, 7) is 1.60. The number of hydrogen-bond donors (Lipinski definition) is 2. The summed E-state index contributed by atoms with van der Waals surface area (Å²) < 4.78 is 6.07. The lowest BCUT2D eigenvalue weighted by Gasteiger charge is -2.31. The quantitative estimate of drug-likeness (QED) is 0.733. The number of ketones is 1. The van der Waals surface area contributed by atoms with E-state index >= 15 is 0 Å². The first-order valence-electron chi connectivity index (χ1n) is 9.76. The second-order valence-corrected chi connectivity index (χ2v) is 7.74. The maximum atomic E-state index is 12.6. The Morgan fingerprint density at radius 2 is 1.71 bits per heavy atom. The molecule has 0 radical (unpaired) electrons. The number of hydrogen-bond acceptors (Lipinski definition) is 3. The highest BCUT2D eigenvalue weighted by Crippen LogP contribution is 2.33. The number of Topliss-reactive ketones (excluding diaryl/α,β-unsaturated/α-hetero) is 1. The smallest absolute Gasteiger partial charge is 0.171 e. The molecule has 144 valence electrons. The van der Waals surface area contributed by atoms with Crippen LogP contribution >= 0.6 is 12.2 Å². The molecule has 1 fully saturated rings. The zero-order valence-electron chi connectivity index (χ0n) is 15.9. The lowest BCUT2D eigenvalue weighted by atomic mass is 9.90. The Morgan fingerprint density at radius 1 is 1.04 bits per heavy atom. The van der Waals surface area contributed by atoms with Crippen LogP contribution in [0.5, 0.6) is 5.75 Å². The van der Waals surface area contributed by atoms with E-state index in [-0.39, 0.29) is 11.8 Å². The van der Waals surface area contributed by atoms with Gasteiger partial charge < -0.3 is 15.4 Å². The van der Waals surface area contributed by atoms with E-state index in [0.717, 1.165) is 35.4 Å². The van der Waals surface area contributed by atoms with Crippen LogP contribution < -0.4 is 15.4 Å². The lowest BCUT2D eigenvalue weighted by Crippen LogP contribution is -2.44. The summed E-state index contributed by atoms with van der Waals surface area (Å²) in [4.78, 5) is 12.6. The predicted molar refractivity (Wildman–Crippen MR) is 115 cm³/mol. The van der Waals surface area contributed by atoms with Crippen LogP contribution in [0.2, 0.25) is 0 Å². The van der Waals surface area contributed by atoms with E-state index in [1.165, 1.54) is 12.8 Å². The summed E-state index contributed by atoms with van der Waals surface area (Å²) in [5.74, 6) is 0.890. The molecule has 1 atom stereocenters. The number of nitrogens with one attached hydrogen (secondary N) is 2. The van der Waals surface area contributed by atoms with Gasteiger partial charge in [-0.2, -0.15) is 0 Å². The fraction of sp³-hybridized carbons (Fsp3) is 0.304. The zero-order chi connectivity index (χ0) is 19.5. The van der Waals surface area contributed by atoms with E-state index in [2.05, 4.69) is 10.6 Å². The first-order chi connectivity index (χ1) is 13.6. The molecule has 1 aliphatic carbocycles. The van der Waals surface area contributed by atoms with E-state index in [4.69, 9.17) is 17.0 Å². The van der Waals surface area contributed by atoms with Gasteiger partial charge in [0, 0.05) is 5.57 Å². The number of rotatable bonds is 5. The summed E-state index contributed by atoms with van der Waals surface area (Å²) in [5.41, 5.74) is 3.39. The monoisotopic (exact) mass is 392 g/mol. The van der Waals surface area contributed by atoms with Crippen LogP contribution in [-0.2, 0) is 4.79 Å². The molecular formula is C23H24N2O2S. The molecule has 4 nitrogen and oxygen atoms in total. The third-order valence-electron chi connectivity index (χ3n) is 5.33. The van der Waals surface area contributed by atoms with Crippen LogP contribution in [0, 0.1) is 0 Å². The van der Waals surface area contributed by atoms with E-state index < -0.39 is 0 Å². The van der Waals surface area contributed by atoms with Gasteiger partial charge in [0.25, 0.3) is 0 Å². The number of thiocarbonyl (C=S) groups is 1. The van der Waals surface area contributed by atoms with Gasteiger partial charge in [-0.05, 0) is 68.1 Å². The third-order valence-corrected chi connectivity index (χ3v) is 5.55. The van der Waals surface area contributed by atoms with Gasteiger partial charge in [0.15, 0.2) is 10.9 Å². The highest BCUT2D eigenvalue weighted by molar-refractivity contribution is 7.80. The summed E-state index contributed by atoms with van der Waals surface area (Å²) in [7, 11) is 0. The first-order valence-corrected chi connectivity index (χ1v) is 10.2. The van der Waals surface area contributed by atoms with Gasteiger partial charge in [0.1, 0.15) is 5.75 Å². The molecular weight excluding hydrogens is 368 g/mol. The fourth-order valence-electron chi connectivity index (χ4n) is 3.96. The van der Waals surface area contributed by atoms with Crippen molar-refractivity contribution in [3.63, 3.8) is 0 Å². The van der Waals surface area contributed by atoms with Crippen molar-refractivity contribution in [1.82, 2.24) is 10.6 Å². The lowest BCUT2D eigenvalue weighted by molar-refractivity contribution is -0.113. The molecule has 2 N–H and O–H groups in total. The van der Waals surface area contributed by atoms with Gasteiger partial charge in [-0.15, -0.1) is 0 Å². The molecule has 2 aromatic carbocycles. The van der Waals surface area contributed by atoms with E-state index in [1.54, 1.807) is 6.92 Å². The van der Waals surface area contributed by atoms with Crippen molar-refractivity contribution >= 4 is 28.8 Å². The highest BCUT2D eigenvalue weighted by Gasteiger charge is 2.30. The maximum absolute atomic E-state index is 12.6. The molecule has 4 rings (SSSR count). The van der Waals surface area contributed by atoms with Crippen molar-refractivity contribution < 1.29 is 9.53 Å². The Morgan fingerprint density at radius 3 is 2.36 bits per heavy atom. The first kappa shape index (κ1) is 18.7. The van der Waals surface area contributed by atoms with Gasteiger partial charge in [0.2, 0.25) is 0 Å². The van der Waals surface area contributed by atoms with E-state index in [0.29, 0.717) is 16.8 Å². The Kier molecular flexibility index (Phi) is 5.44. The number of benzene rings is 2. The Labute approximate surface area is 171 Å². The topological polar surface area (TPSA) is 50.4 Å². The third kappa shape index (κ3) is 3.94. The van der Waals surface area contributed by atoms with Gasteiger partial charge >= 0.3 is 0 Å². The van der Waals surface area contributed by atoms with Gasteiger partial charge in [-0.25, -0.2) is 0 Å². The molecule has 2 aromatic rings. The van der Waals surface area contributed by atoms with Crippen LogP contribution in [0.4, 0.5) is 0 Å². The second-order valence-electron chi connectivity index (χ2n) is 7.34. The molecule has 1 heterocycles. The van der Waals surface area contributed by atoms with Crippen molar-refractivity contribution in [2.45, 2.75) is 44.8 Å². The zero-order valence-corrected chi connectivity index (χ0v) is 16.7. The minimum Gasteiger partial charge on any atom is -0.490 e. The van der Waals surface area contributed by atoms with Crippen LogP contribution in [0.25, 0.3) is 5.70 Å². The number of carbonyl (C=O) groups excluding carboxylic acids is 1. The predicted octanol–water partition coefficient (Wildman–Crippen LogP) is 4.53. The standard InChI is InChI=1S/C23H24N2O2S/c1-15(26)20-21(16-7-3-2-4-8-16)24-23(28)25-22(20)17-11-13-19(14-12-17)27-18-9-5-6-10-18/h2-4,7-8,11-14,18,22H,5-6,9-10H2,1H3,(H2,24,25,28)/t22-/m0/s1. The molecule has 1 saturated carbocycles. The SMILES string of the molecule is CC(=O)C1=C(c2ccccc2)NC(=S)N[C@H]1c1ccc(OC2CCCC2)cc1. The van der Waals surface area contributed by atoms with Gasteiger partial charge in [-0.1, -0.05) is 42.5 Å². The molecule has 0 unspecified atom stereocenters. The van der Waals surface area contributed by atoms with E-state index in [1.807, 2.05) is 54.6 Å². The molecule has 5 heteroatoms. The highest BCUT2D eigenvalue weighted by atomic mass is 32.1. The Bertz CT molecular complexity index is 900. The van der Waals surface area contributed by atoms with Gasteiger partial charge in [0.05, 0.1) is 17.8 Å². The average molecular weight is 393 g/mol. The summed E-state index contributed by atoms with van der Waals surface area (Å²) in [6.07, 6.45) is 5.07. The van der Waals surface area contributed by atoms with Crippen LogP contribution in [0.3, 0.4) is 0 Å². The minimum absolute atomic E-state index is 0.0117. The van der Waals surface area contributed by atoms with Crippen LogP contribution in [-0.4, -0.2) is 17.0 Å². The van der Waals surface area contributed by atoms with Crippen molar-refractivity contribution in [3.8, 4) is 5.75 Å². The number of ether oxygens (including phenoxy) is 1. The van der Waals surface area contributed by atoms with Crippen molar-refractivity contribution in [3.05, 3.63) is 71.3 Å². The summed E-state index contributed by atoms with van der Waals surface area (Å²) in [6, 6.07) is 17.5. The molecule has 0 aromatic heterocycles. The van der Waals surface area contributed by atoms with Crippen molar-refractivity contribution in [1.29, 1.82) is 0 Å². The fourth-order valence-corrected chi connectivity index (χ4v) is 4.18. The molecule has 0 amide bonds. The molecule has 0 saturated heterocycles. The Hall–Kier alpha value is -2.66. The molecule has 0 bridgehead atoms. The van der Waals surface area contributed by atoms with E-state index in [9.17, 15) is 4.79 Å². The average Bonchev–Trinajstić information content (AvgIpc) is 3.21.